The minimum absolute atomic E-state index is 0.0136. The Bertz CT molecular complexity index is 1030. The first kappa shape index (κ1) is 26.0. The van der Waals surface area contributed by atoms with E-state index in [0.29, 0.717) is 12.1 Å². The van der Waals surface area contributed by atoms with E-state index in [9.17, 15) is 40.6 Å². The summed E-state index contributed by atoms with van der Waals surface area (Å²) in [5.74, 6) is -1.14. The maximum absolute atomic E-state index is 13.5. The van der Waals surface area contributed by atoms with Gasteiger partial charge in [0, 0.05) is 0 Å². The molecule has 0 spiro atoms. The molecule has 1 aliphatic rings. The topological polar surface area (TPSA) is 58.6 Å². The summed E-state index contributed by atoms with van der Waals surface area (Å²) in [7, 11) is 0. The molecule has 1 heterocycles. The summed E-state index contributed by atoms with van der Waals surface area (Å²) in [5.41, 5.74) is -6.03. The highest BCUT2D eigenvalue weighted by molar-refractivity contribution is 5.87. The van der Waals surface area contributed by atoms with Crippen molar-refractivity contribution in [2.45, 2.75) is 50.9 Å². The van der Waals surface area contributed by atoms with Gasteiger partial charge in [0.25, 0.3) is 0 Å². The van der Waals surface area contributed by atoms with Gasteiger partial charge in [0.1, 0.15) is 11.4 Å². The number of nitrogens with one attached hydrogen (secondary N) is 1. The molecule has 0 aliphatic carbocycles. The number of halogens is 7. The Hall–Kier alpha value is -2.66. The third kappa shape index (κ3) is 4.76. The van der Waals surface area contributed by atoms with Crippen LogP contribution in [0.3, 0.4) is 0 Å². The lowest BCUT2D eigenvalue weighted by Crippen LogP contribution is -2.50. The number of aliphatic hydroxyl groups excluding tert-OH is 1. The highest BCUT2D eigenvalue weighted by Gasteiger charge is 2.58. The number of carbonyl (C=O) groups excluding carboxylic acids is 1. The highest BCUT2D eigenvalue weighted by atomic mass is 19.4. The molecule has 1 amide bonds. The maximum Gasteiger partial charge on any atom is 0.416 e. The second-order valence-electron chi connectivity index (χ2n) is 8.85. The number of ether oxygens (including phenoxy) is 1. The van der Waals surface area contributed by atoms with Crippen LogP contribution >= 0.6 is 0 Å². The summed E-state index contributed by atoms with van der Waals surface area (Å²) in [5, 5.41) is 13.6. The van der Waals surface area contributed by atoms with Gasteiger partial charge in [-0.25, -0.2) is 4.39 Å². The van der Waals surface area contributed by atoms with E-state index < -0.39 is 70.5 Å². The van der Waals surface area contributed by atoms with E-state index in [1.165, 1.54) is 32.9 Å². The molecule has 0 radical (unpaired) electrons. The van der Waals surface area contributed by atoms with Gasteiger partial charge < -0.3 is 15.2 Å². The second-order valence-corrected chi connectivity index (χ2v) is 8.85. The molecule has 3 atom stereocenters. The average molecular weight is 493 g/mol. The predicted octanol–water partition coefficient (Wildman–Crippen LogP) is 5.35. The molecule has 0 bridgehead atoms. The summed E-state index contributed by atoms with van der Waals surface area (Å²) < 4.78 is 98.3. The minimum atomic E-state index is -5.02. The monoisotopic (exact) mass is 493 g/mol. The second kappa shape index (κ2) is 8.53. The Balaban J connectivity index is 1.98. The van der Waals surface area contributed by atoms with Crippen LogP contribution in [0, 0.1) is 11.2 Å². The first-order chi connectivity index (χ1) is 15.5. The fourth-order valence-corrected chi connectivity index (χ4v) is 3.91. The van der Waals surface area contributed by atoms with Crippen molar-refractivity contribution < 1.29 is 45.4 Å². The first-order valence-corrected chi connectivity index (χ1v) is 10.2. The number of amides is 1. The molecule has 2 N–H and O–H groups in total. The zero-order valence-corrected chi connectivity index (χ0v) is 18.3. The van der Waals surface area contributed by atoms with Crippen LogP contribution in [0.15, 0.2) is 42.5 Å². The number of carbonyl (C=O) groups is 1. The van der Waals surface area contributed by atoms with Gasteiger partial charge in [0.15, 0.2) is 0 Å². The summed E-state index contributed by atoms with van der Waals surface area (Å²) >= 11 is 0. The van der Waals surface area contributed by atoms with Gasteiger partial charge in [-0.1, -0.05) is 12.1 Å². The van der Waals surface area contributed by atoms with Crippen LogP contribution in [-0.2, 0) is 27.4 Å². The molecule has 1 saturated heterocycles. The molecule has 0 unspecified atom stereocenters. The summed E-state index contributed by atoms with van der Waals surface area (Å²) in [6.07, 6.45) is -12.7. The lowest BCUT2D eigenvalue weighted by molar-refractivity contribution is -0.143. The predicted molar refractivity (Wildman–Crippen MR) is 107 cm³/mol. The van der Waals surface area contributed by atoms with Crippen LogP contribution in [0.4, 0.5) is 30.7 Å². The molecule has 2 aromatic carbocycles. The summed E-state index contributed by atoms with van der Waals surface area (Å²) in [4.78, 5) is 12.5. The first-order valence-electron chi connectivity index (χ1n) is 10.2. The largest absolute Gasteiger partial charge is 0.416 e. The highest BCUT2D eigenvalue weighted by Crippen LogP contribution is 2.44. The van der Waals surface area contributed by atoms with Crippen LogP contribution in [-0.4, -0.2) is 23.7 Å². The van der Waals surface area contributed by atoms with E-state index in [1.54, 1.807) is 0 Å². The zero-order valence-electron chi connectivity index (χ0n) is 18.3. The number of hydrogen-bond donors (Lipinski definition) is 2. The number of alkyl halides is 6. The van der Waals surface area contributed by atoms with E-state index >= 15 is 0 Å². The van der Waals surface area contributed by atoms with Gasteiger partial charge in [-0.2, -0.15) is 26.3 Å². The van der Waals surface area contributed by atoms with Crippen LogP contribution in [0.25, 0.3) is 0 Å². The van der Waals surface area contributed by atoms with Gasteiger partial charge in [0.2, 0.25) is 5.91 Å². The smallest absolute Gasteiger partial charge is 0.389 e. The van der Waals surface area contributed by atoms with Crippen molar-refractivity contribution in [1.29, 1.82) is 0 Å². The Morgan fingerprint density at radius 2 is 1.50 bits per heavy atom. The Labute approximate surface area is 190 Å². The van der Waals surface area contributed by atoms with Crippen molar-refractivity contribution in [1.82, 2.24) is 5.32 Å². The molecule has 186 valence electrons. The third-order valence-electron chi connectivity index (χ3n) is 6.07. The quantitative estimate of drug-likeness (QED) is 0.552. The van der Waals surface area contributed by atoms with Crippen molar-refractivity contribution in [3.8, 4) is 0 Å². The third-order valence-corrected chi connectivity index (χ3v) is 6.07. The Morgan fingerprint density at radius 1 is 1.00 bits per heavy atom. The van der Waals surface area contributed by atoms with Crippen LogP contribution in [0.1, 0.15) is 49.1 Å². The van der Waals surface area contributed by atoms with Crippen molar-refractivity contribution in [2.24, 2.45) is 5.41 Å². The summed E-state index contributed by atoms with van der Waals surface area (Å²) in [6.45, 7) is 3.67. The van der Waals surface area contributed by atoms with E-state index in [2.05, 4.69) is 5.32 Å². The van der Waals surface area contributed by atoms with E-state index in [0.717, 1.165) is 12.1 Å². The normalized spacial score (nSPS) is 23.6. The molecule has 0 aromatic heterocycles. The van der Waals surface area contributed by atoms with Crippen molar-refractivity contribution in [2.75, 3.05) is 6.61 Å². The molecular weight excluding hydrogens is 471 g/mol. The van der Waals surface area contributed by atoms with Crippen molar-refractivity contribution in [3.05, 3.63) is 70.5 Å². The Kier molecular flexibility index (Phi) is 6.51. The molecule has 3 rings (SSSR count). The lowest BCUT2D eigenvalue weighted by atomic mass is 9.77. The number of aliphatic hydroxyl groups is 1. The fourth-order valence-electron chi connectivity index (χ4n) is 3.91. The van der Waals surface area contributed by atoms with E-state index in [-0.39, 0.29) is 11.6 Å². The van der Waals surface area contributed by atoms with Crippen molar-refractivity contribution in [3.63, 3.8) is 0 Å². The molecule has 34 heavy (non-hydrogen) atoms. The molecule has 1 aliphatic heterocycles. The number of benzene rings is 2. The molecule has 1 fully saturated rings. The number of hydrogen-bond acceptors (Lipinski definition) is 3. The van der Waals surface area contributed by atoms with Gasteiger partial charge in [-0.15, -0.1) is 0 Å². The average Bonchev–Trinajstić information content (AvgIpc) is 2.91. The minimum Gasteiger partial charge on any atom is -0.389 e. The van der Waals surface area contributed by atoms with Gasteiger partial charge >= 0.3 is 12.4 Å². The SMILES string of the molecule is C[C@@H](OC[C@]1(c2ccc(F)cc2)NC(=O)C(C)(C)[C@H]1O)c1cc(C(F)(F)F)cc(C(F)(F)F)c1. The molecule has 2 aromatic rings. The maximum atomic E-state index is 13.5. The van der Waals surface area contributed by atoms with Crippen LogP contribution in [0.5, 0.6) is 0 Å². The number of rotatable bonds is 5. The summed E-state index contributed by atoms with van der Waals surface area (Å²) in [6, 6.07) is 5.91. The van der Waals surface area contributed by atoms with Gasteiger partial charge in [-0.05, 0) is 62.2 Å². The molecule has 0 saturated carbocycles. The standard InChI is InChI=1S/C23H22F7NO3/c1-12(13-8-15(22(25,26)27)10-16(9-13)23(28,29)30)34-11-21(14-4-6-17(24)7-5-14)18(32)20(2,3)19(33)31-21/h4-10,12,18,32H,11H2,1-3H3,(H,31,33)/t12-,18-,21-/m1/s1. The molecular formula is C23H22F7NO3. The fraction of sp³-hybridized carbons (Fsp3) is 0.435. The molecule has 11 heteroatoms. The van der Waals surface area contributed by atoms with Gasteiger partial charge in [0.05, 0.1) is 35.4 Å². The van der Waals surface area contributed by atoms with E-state index in [1.807, 2.05) is 0 Å². The van der Waals surface area contributed by atoms with E-state index in [4.69, 9.17) is 4.74 Å². The zero-order chi connectivity index (χ0) is 25.7. The lowest BCUT2D eigenvalue weighted by Gasteiger charge is -2.36. The van der Waals surface area contributed by atoms with Crippen LogP contribution in [0.2, 0.25) is 0 Å². The van der Waals surface area contributed by atoms with Gasteiger partial charge in [-0.3, -0.25) is 4.79 Å². The molecule has 4 nitrogen and oxygen atoms in total. The van der Waals surface area contributed by atoms with Crippen LogP contribution < -0.4 is 5.32 Å². The van der Waals surface area contributed by atoms with Crippen molar-refractivity contribution >= 4 is 5.91 Å². The Morgan fingerprint density at radius 3 is 1.91 bits per heavy atom.